The third-order valence-corrected chi connectivity index (χ3v) is 3.92. The van der Waals surface area contributed by atoms with E-state index in [9.17, 15) is 9.59 Å². The van der Waals surface area contributed by atoms with E-state index in [1.807, 2.05) is 6.92 Å². The smallest absolute Gasteiger partial charge is 0.367 e. The van der Waals surface area contributed by atoms with E-state index in [1.54, 1.807) is 30.5 Å². The van der Waals surface area contributed by atoms with Crippen molar-refractivity contribution >= 4 is 23.3 Å². The third kappa shape index (κ3) is 4.93. The first-order chi connectivity index (χ1) is 12.1. The third-order valence-electron chi connectivity index (χ3n) is 3.05. The molecule has 1 aromatic carbocycles. The van der Waals surface area contributed by atoms with E-state index in [-0.39, 0.29) is 18.2 Å². The lowest BCUT2D eigenvalue weighted by Crippen LogP contribution is -2.07. The van der Waals surface area contributed by atoms with E-state index in [2.05, 4.69) is 4.98 Å². The van der Waals surface area contributed by atoms with Crippen LogP contribution in [0.2, 0.25) is 0 Å². The molecule has 2 rings (SSSR count). The summed E-state index contributed by atoms with van der Waals surface area (Å²) in [5, 5.41) is 1.88. The molecular weight excluding hydrogens is 346 g/mol. The molecule has 0 bridgehead atoms. The molecule has 0 radical (unpaired) electrons. The highest BCUT2D eigenvalue weighted by molar-refractivity contribution is 7.11. The summed E-state index contributed by atoms with van der Waals surface area (Å²) in [6.45, 7) is 4.25. The Morgan fingerprint density at radius 3 is 2.56 bits per heavy atom. The number of thiazole rings is 1. The minimum atomic E-state index is -0.519. The molecule has 0 aliphatic rings. The summed E-state index contributed by atoms with van der Waals surface area (Å²) in [4.78, 5) is 27.8. The molecule has 7 nitrogen and oxygen atoms in total. The van der Waals surface area contributed by atoms with Crippen molar-refractivity contribution in [3.8, 4) is 11.5 Å². The zero-order valence-corrected chi connectivity index (χ0v) is 15.1. The predicted octanol–water partition coefficient (Wildman–Crippen LogP) is 3.08. The van der Waals surface area contributed by atoms with Crippen molar-refractivity contribution in [2.24, 2.45) is 0 Å². The van der Waals surface area contributed by atoms with E-state index in [1.165, 1.54) is 7.11 Å². The summed E-state index contributed by atoms with van der Waals surface area (Å²) < 4.78 is 20.7. The van der Waals surface area contributed by atoms with E-state index in [0.717, 1.165) is 11.3 Å². The summed E-state index contributed by atoms with van der Waals surface area (Å²) in [5.41, 5.74) is 0.824. The first-order valence-corrected chi connectivity index (χ1v) is 8.56. The van der Waals surface area contributed by atoms with Crippen LogP contribution in [-0.4, -0.2) is 37.2 Å². The topological polar surface area (TPSA) is 84.0 Å². The number of hydrogen-bond acceptors (Lipinski definition) is 8. The Bertz CT molecular complexity index is 742. The monoisotopic (exact) mass is 365 g/mol. The van der Waals surface area contributed by atoms with Crippen LogP contribution in [-0.2, 0) is 16.1 Å². The first kappa shape index (κ1) is 18.7. The van der Waals surface area contributed by atoms with Crippen LogP contribution in [0.15, 0.2) is 23.6 Å². The number of carbonyl (C=O) groups excluding carboxylic acids is 2. The lowest BCUT2D eigenvalue weighted by atomic mass is 10.2. The first-order valence-electron chi connectivity index (χ1n) is 7.68. The maximum Gasteiger partial charge on any atom is 0.367 e. The fourth-order valence-corrected chi connectivity index (χ4v) is 2.65. The molecule has 0 saturated heterocycles. The number of esters is 2. The van der Waals surface area contributed by atoms with Gasteiger partial charge in [0.1, 0.15) is 6.61 Å². The molecular formula is C17H19NO6S. The van der Waals surface area contributed by atoms with Gasteiger partial charge in [0.05, 0.1) is 31.6 Å². The summed E-state index contributed by atoms with van der Waals surface area (Å²) in [5.74, 6) is 0.00515. The molecule has 25 heavy (non-hydrogen) atoms. The Morgan fingerprint density at radius 2 is 1.88 bits per heavy atom. The fourth-order valence-electron chi connectivity index (χ4n) is 1.95. The number of hydrogen-bond donors (Lipinski definition) is 0. The number of benzene rings is 1. The van der Waals surface area contributed by atoms with Gasteiger partial charge in [0.2, 0.25) is 5.01 Å². The van der Waals surface area contributed by atoms with Gasteiger partial charge in [0.15, 0.2) is 11.5 Å². The molecule has 0 N–H and O–H groups in total. The lowest BCUT2D eigenvalue weighted by molar-refractivity contribution is 0.0467. The maximum absolute atomic E-state index is 12.2. The predicted molar refractivity (Wildman–Crippen MR) is 91.4 cm³/mol. The average molecular weight is 365 g/mol. The number of aromatic nitrogens is 1. The molecule has 1 heterocycles. The Balaban J connectivity index is 2.00. The van der Waals surface area contributed by atoms with Crippen molar-refractivity contribution in [3.63, 3.8) is 0 Å². The lowest BCUT2D eigenvalue weighted by Gasteiger charge is -2.10. The molecule has 0 atom stereocenters. The molecule has 0 unspecified atom stereocenters. The minimum absolute atomic E-state index is 0.0370. The SMILES string of the molecule is CCOC(=O)c1nc(COC(=O)c2ccc(OC)c(OCC)c2)cs1. The van der Waals surface area contributed by atoms with Crippen LogP contribution in [0, 0.1) is 0 Å². The van der Waals surface area contributed by atoms with E-state index >= 15 is 0 Å². The summed E-state index contributed by atoms with van der Waals surface area (Å²) >= 11 is 1.15. The van der Waals surface area contributed by atoms with Crippen LogP contribution >= 0.6 is 11.3 Å². The van der Waals surface area contributed by atoms with Gasteiger partial charge in [-0.1, -0.05) is 0 Å². The fraction of sp³-hybridized carbons (Fsp3) is 0.353. The highest BCUT2D eigenvalue weighted by atomic mass is 32.1. The van der Waals surface area contributed by atoms with Gasteiger partial charge >= 0.3 is 11.9 Å². The Kier molecular flexibility index (Phi) is 6.76. The largest absolute Gasteiger partial charge is 0.493 e. The molecule has 0 aliphatic heterocycles. The van der Waals surface area contributed by atoms with Crippen molar-refractivity contribution in [1.82, 2.24) is 4.98 Å². The molecule has 0 saturated carbocycles. The van der Waals surface area contributed by atoms with Crippen LogP contribution in [0.25, 0.3) is 0 Å². The molecule has 134 valence electrons. The van der Waals surface area contributed by atoms with E-state index < -0.39 is 11.9 Å². The second kappa shape index (κ2) is 9.03. The average Bonchev–Trinajstić information content (AvgIpc) is 3.09. The summed E-state index contributed by atoms with van der Waals surface area (Å²) in [6.07, 6.45) is 0. The summed E-state index contributed by atoms with van der Waals surface area (Å²) in [6, 6.07) is 4.80. The highest BCUT2D eigenvalue weighted by Crippen LogP contribution is 2.28. The Labute approximate surface area is 149 Å². The Hall–Kier alpha value is -2.61. The van der Waals surface area contributed by atoms with Crippen molar-refractivity contribution in [3.05, 3.63) is 39.8 Å². The number of methoxy groups -OCH3 is 1. The van der Waals surface area contributed by atoms with Gasteiger partial charge in [-0.2, -0.15) is 0 Å². The molecule has 8 heteroatoms. The van der Waals surface area contributed by atoms with Crippen LogP contribution in [0.5, 0.6) is 11.5 Å². The van der Waals surface area contributed by atoms with Crippen LogP contribution < -0.4 is 9.47 Å². The van der Waals surface area contributed by atoms with Gasteiger partial charge in [-0.15, -0.1) is 11.3 Å². The molecule has 2 aromatic rings. The van der Waals surface area contributed by atoms with Crippen LogP contribution in [0.3, 0.4) is 0 Å². The van der Waals surface area contributed by atoms with Gasteiger partial charge in [-0.05, 0) is 32.0 Å². The number of rotatable bonds is 8. The number of nitrogens with zero attached hydrogens (tertiary/aromatic N) is 1. The Morgan fingerprint density at radius 1 is 1.08 bits per heavy atom. The molecule has 0 spiro atoms. The van der Waals surface area contributed by atoms with E-state index in [0.29, 0.717) is 29.4 Å². The zero-order valence-electron chi connectivity index (χ0n) is 14.2. The molecule has 0 aliphatic carbocycles. The maximum atomic E-state index is 12.2. The minimum Gasteiger partial charge on any atom is -0.493 e. The quantitative estimate of drug-likeness (QED) is 0.665. The molecule has 1 aromatic heterocycles. The molecule has 0 fully saturated rings. The zero-order chi connectivity index (χ0) is 18.2. The normalized spacial score (nSPS) is 10.2. The number of ether oxygens (including phenoxy) is 4. The van der Waals surface area contributed by atoms with Crippen molar-refractivity contribution < 1.29 is 28.5 Å². The number of carbonyl (C=O) groups is 2. The van der Waals surface area contributed by atoms with Gasteiger partial charge in [0.25, 0.3) is 0 Å². The van der Waals surface area contributed by atoms with Crippen LogP contribution in [0.1, 0.15) is 39.7 Å². The van der Waals surface area contributed by atoms with E-state index in [4.69, 9.17) is 18.9 Å². The van der Waals surface area contributed by atoms with Crippen LogP contribution in [0.4, 0.5) is 0 Å². The van der Waals surface area contributed by atoms with Crippen molar-refractivity contribution in [2.75, 3.05) is 20.3 Å². The van der Waals surface area contributed by atoms with Gasteiger partial charge in [0, 0.05) is 5.38 Å². The van der Waals surface area contributed by atoms with Gasteiger partial charge < -0.3 is 18.9 Å². The van der Waals surface area contributed by atoms with Gasteiger partial charge in [-0.25, -0.2) is 14.6 Å². The summed E-state index contributed by atoms with van der Waals surface area (Å²) in [7, 11) is 1.53. The second-order valence-electron chi connectivity index (χ2n) is 4.74. The second-order valence-corrected chi connectivity index (χ2v) is 5.60. The highest BCUT2D eigenvalue weighted by Gasteiger charge is 2.15. The molecule has 0 amide bonds. The van der Waals surface area contributed by atoms with Crippen molar-refractivity contribution in [2.45, 2.75) is 20.5 Å². The standard InChI is InChI=1S/C17H19NO6S/c1-4-22-14-8-11(6-7-13(14)21-3)16(19)24-9-12-10-25-15(18-12)17(20)23-5-2/h6-8,10H,4-5,9H2,1-3H3. The van der Waals surface area contributed by atoms with Crippen molar-refractivity contribution in [1.29, 1.82) is 0 Å². The van der Waals surface area contributed by atoms with Gasteiger partial charge in [-0.3, -0.25) is 0 Å².